The predicted molar refractivity (Wildman–Crippen MR) is 77.1 cm³/mol. The largest absolute Gasteiger partial charge is 0.471 e. The minimum absolute atomic E-state index is 0.0465. The Labute approximate surface area is 128 Å². The van der Waals surface area contributed by atoms with Crippen molar-refractivity contribution in [1.29, 1.82) is 0 Å². The van der Waals surface area contributed by atoms with Gasteiger partial charge in [-0.1, -0.05) is 18.2 Å². The fourth-order valence-electron chi connectivity index (χ4n) is 1.54. The summed E-state index contributed by atoms with van der Waals surface area (Å²) in [6, 6.07) is 7.59. The number of alkyl halides is 3. The van der Waals surface area contributed by atoms with Crippen molar-refractivity contribution in [3.8, 4) is 0 Å². The summed E-state index contributed by atoms with van der Waals surface area (Å²) >= 11 is 5.64. The summed E-state index contributed by atoms with van der Waals surface area (Å²) in [5.41, 5.74) is 1.18. The molecule has 0 aliphatic rings. The topological polar surface area (TPSA) is 54.9 Å². The van der Waals surface area contributed by atoms with Crippen molar-refractivity contribution in [1.82, 2.24) is 9.97 Å². The number of rotatable bonds is 3. The molecule has 2 aromatic rings. The van der Waals surface area contributed by atoms with Crippen LogP contribution in [0, 0.1) is 0 Å². The number of benzene rings is 1. The Kier molecular flexibility index (Phi) is 4.77. The Morgan fingerprint density at radius 1 is 1.23 bits per heavy atom. The molecular formula is C14H9ClF3N3O. The number of hydrogen-bond donors (Lipinski definition) is 1. The first-order chi connectivity index (χ1) is 10.3. The van der Waals surface area contributed by atoms with Crippen molar-refractivity contribution in [2.75, 3.05) is 5.32 Å². The molecular weight excluding hydrogens is 319 g/mol. The van der Waals surface area contributed by atoms with E-state index in [1.165, 1.54) is 24.4 Å². The lowest BCUT2D eigenvalue weighted by Gasteiger charge is -2.08. The van der Waals surface area contributed by atoms with Gasteiger partial charge in [-0.3, -0.25) is 4.79 Å². The van der Waals surface area contributed by atoms with Gasteiger partial charge >= 0.3 is 12.1 Å². The molecule has 0 saturated carbocycles. The van der Waals surface area contributed by atoms with E-state index >= 15 is 0 Å². The molecule has 0 radical (unpaired) electrons. The van der Waals surface area contributed by atoms with E-state index in [-0.39, 0.29) is 11.0 Å². The van der Waals surface area contributed by atoms with Gasteiger partial charge in [0.15, 0.2) is 0 Å². The van der Waals surface area contributed by atoms with Crippen molar-refractivity contribution in [2.24, 2.45) is 0 Å². The molecule has 0 unspecified atom stereocenters. The van der Waals surface area contributed by atoms with Crippen LogP contribution >= 0.6 is 11.6 Å². The molecule has 1 aromatic carbocycles. The monoisotopic (exact) mass is 327 g/mol. The minimum Gasteiger partial charge on any atom is -0.318 e. The zero-order valence-electron chi connectivity index (χ0n) is 10.9. The van der Waals surface area contributed by atoms with E-state index in [9.17, 15) is 18.0 Å². The number of nitrogens with one attached hydrogen (secondary N) is 1. The normalized spacial score (nSPS) is 11.6. The van der Waals surface area contributed by atoms with E-state index in [0.717, 1.165) is 0 Å². The Morgan fingerprint density at radius 2 is 2.00 bits per heavy atom. The second-order valence-electron chi connectivity index (χ2n) is 4.16. The van der Waals surface area contributed by atoms with E-state index in [0.29, 0.717) is 11.3 Å². The average molecular weight is 328 g/mol. The number of hydrogen-bond acceptors (Lipinski definition) is 3. The lowest BCUT2D eigenvalue weighted by molar-refractivity contribution is -0.167. The van der Waals surface area contributed by atoms with Gasteiger partial charge in [0.05, 0.1) is 5.69 Å². The number of amides is 1. The van der Waals surface area contributed by atoms with Crippen molar-refractivity contribution in [2.45, 2.75) is 6.18 Å². The number of aromatic nitrogens is 2. The third-order valence-corrected chi connectivity index (χ3v) is 2.68. The predicted octanol–water partition coefficient (Wildman–Crippen LogP) is 3.80. The molecule has 0 saturated heterocycles. The fourth-order valence-corrected chi connectivity index (χ4v) is 1.70. The van der Waals surface area contributed by atoms with E-state index in [1.54, 1.807) is 29.6 Å². The average Bonchev–Trinajstić information content (AvgIpc) is 2.45. The summed E-state index contributed by atoms with van der Waals surface area (Å²) in [4.78, 5) is 18.5. The van der Waals surface area contributed by atoms with Crippen LogP contribution in [0.4, 0.5) is 18.9 Å². The van der Waals surface area contributed by atoms with Gasteiger partial charge in [0.25, 0.3) is 0 Å². The van der Waals surface area contributed by atoms with Crippen LogP contribution in [0.2, 0.25) is 5.28 Å². The van der Waals surface area contributed by atoms with Crippen molar-refractivity contribution < 1.29 is 18.0 Å². The summed E-state index contributed by atoms with van der Waals surface area (Å²) in [6.07, 6.45) is -0.196. The second-order valence-corrected chi connectivity index (χ2v) is 4.50. The third kappa shape index (κ3) is 4.56. The maximum Gasteiger partial charge on any atom is 0.471 e. The highest BCUT2D eigenvalue weighted by Gasteiger charge is 2.38. The zero-order valence-corrected chi connectivity index (χ0v) is 11.7. The molecule has 1 heterocycles. The summed E-state index contributed by atoms with van der Waals surface area (Å²) in [5.74, 6) is -2.02. The molecule has 0 atom stereocenters. The molecule has 8 heteroatoms. The smallest absolute Gasteiger partial charge is 0.318 e. The maximum absolute atomic E-state index is 12.2. The zero-order chi connectivity index (χ0) is 16.2. The highest BCUT2D eigenvalue weighted by atomic mass is 35.5. The van der Waals surface area contributed by atoms with Gasteiger partial charge in [-0.05, 0) is 41.4 Å². The SMILES string of the molecule is O=C(Nc1cccc(/C=C/c2ccnc(Cl)n2)c1)C(F)(F)F. The molecule has 2 rings (SSSR count). The summed E-state index contributed by atoms with van der Waals surface area (Å²) in [6.45, 7) is 0. The molecule has 0 bridgehead atoms. The Morgan fingerprint density at radius 3 is 2.68 bits per heavy atom. The maximum atomic E-state index is 12.2. The van der Waals surface area contributed by atoms with Crippen LogP contribution in [0.15, 0.2) is 36.5 Å². The molecule has 1 N–H and O–H groups in total. The van der Waals surface area contributed by atoms with Crippen LogP contribution in [0.5, 0.6) is 0 Å². The molecule has 0 aliphatic heterocycles. The van der Waals surface area contributed by atoms with Gasteiger partial charge in [0.1, 0.15) is 0 Å². The van der Waals surface area contributed by atoms with Crippen molar-refractivity contribution in [3.05, 3.63) is 53.1 Å². The van der Waals surface area contributed by atoms with E-state index in [4.69, 9.17) is 11.6 Å². The Balaban J connectivity index is 2.13. The van der Waals surface area contributed by atoms with Gasteiger partial charge in [0, 0.05) is 11.9 Å². The first-order valence-corrected chi connectivity index (χ1v) is 6.37. The second kappa shape index (κ2) is 6.57. The third-order valence-electron chi connectivity index (χ3n) is 2.50. The van der Waals surface area contributed by atoms with Gasteiger partial charge in [-0.2, -0.15) is 13.2 Å². The van der Waals surface area contributed by atoms with E-state index < -0.39 is 12.1 Å². The lowest BCUT2D eigenvalue weighted by Crippen LogP contribution is -2.29. The highest BCUT2D eigenvalue weighted by Crippen LogP contribution is 2.19. The van der Waals surface area contributed by atoms with Crippen molar-refractivity contribution in [3.63, 3.8) is 0 Å². The Hall–Kier alpha value is -2.41. The van der Waals surface area contributed by atoms with E-state index in [1.807, 2.05) is 0 Å². The van der Waals surface area contributed by atoms with Crippen molar-refractivity contribution >= 4 is 35.3 Å². The van der Waals surface area contributed by atoms with Gasteiger partial charge in [-0.15, -0.1) is 0 Å². The van der Waals surface area contributed by atoms with Crippen LogP contribution in [0.3, 0.4) is 0 Å². The molecule has 0 aliphatic carbocycles. The van der Waals surface area contributed by atoms with Crippen LogP contribution in [0.25, 0.3) is 12.2 Å². The number of anilines is 1. The first kappa shape index (κ1) is 16.0. The Bertz CT molecular complexity index is 716. The standard InChI is InChI=1S/C14H9ClF3N3O/c15-13-19-7-6-10(21-13)5-4-9-2-1-3-11(8-9)20-12(22)14(16,17)18/h1-8H,(H,20,22)/b5-4+. The lowest BCUT2D eigenvalue weighted by atomic mass is 10.1. The van der Waals surface area contributed by atoms with Crippen LogP contribution < -0.4 is 5.32 Å². The van der Waals surface area contributed by atoms with Crippen LogP contribution in [-0.2, 0) is 4.79 Å². The molecule has 1 amide bonds. The van der Waals surface area contributed by atoms with Gasteiger partial charge in [0.2, 0.25) is 5.28 Å². The number of nitrogens with zero attached hydrogens (tertiary/aromatic N) is 2. The molecule has 22 heavy (non-hydrogen) atoms. The quantitative estimate of drug-likeness (QED) is 0.872. The molecule has 1 aromatic heterocycles. The highest BCUT2D eigenvalue weighted by molar-refractivity contribution is 6.28. The van der Waals surface area contributed by atoms with E-state index in [2.05, 4.69) is 9.97 Å². The van der Waals surface area contributed by atoms with Crippen LogP contribution in [0.1, 0.15) is 11.3 Å². The van der Waals surface area contributed by atoms with Gasteiger partial charge < -0.3 is 5.32 Å². The molecule has 0 fully saturated rings. The van der Waals surface area contributed by atoms with Crippen LogP contribution in [-0.4, -0.2) is 22.1 Å². The minimum atomic E-state index is -4.93. The number of carbonyl (C=O) groups is 1. The number of halogens is 4. The number of carbonyl (C=O) groups excluding carboxylic acids is 1. The summed E-state index contributed by atoms with van der Waals surface area (Å²) in [5, 5.41) is 1.88. The molecule has 0 spiro atoms. The first-order valence-electron chi connectivity index (χ1n) is 5.99. The molecule has 114 valence electrons. The fraction of sp³-hybridized carbons (Fsp3) is 0.0714. The summed E-state index contributed by atoms with van der Waals surface area (Å²) in [7, 11) is 0. The molecule has 4 nitrogen and oxygen atoms in total. The van der Waals surface area contributed by atoms with Gasteiger partial charge in [-0.25, -0.2) is 9.97 Å². The summed E-state index contributed by atoms with van der Waals surface area (Å²) < 4.78 is 36.6.